The number of hydrogen-bond acceptors (Lipinski definition) is 6. The molecule has 4 rings (SSSR count). The molecule has 142 valence electrons. The number of rotatable bonds is 6. The third-order valence-corrected chi connectivity index (χ3v) is 6.09. The summed E-state index contributed by atoms with van der Waals surface area (Å²) < 4.78 is 5.23. The van der Waals surface area contributed by atoms with Crippen LogP contribution in [0.2, 0.25) is 0 Å². The second-order valence-corrected chi connectivity index (χ2v) is 7.93. The van der Waals surface area contributed by atoms with Gasteiger partial charge in [-0.15, -0.1) is 11.3 Å². The number of thiophene rings is 1. The number of nitrogens with one attached hydrogen (secondary N) is 1. The minimum Gasteiger partial charge on any atom is -0.475 e. The molecule has 4 aromatic rings. The third-order valence-electron chi connectivity index (χ3n) is 4.32. The minimum atomic E-state index is -1.11. The van der Waals surface area contributed by atoms with Gasteiger partial charge in [0.1, 0.15) is 10.6 Å². The first-order valence-electron chi connectivity index (χ1n) is 8.60. The van der Waals surface area contributed by atoms with Crippen LogP contribution in [-0.4, -0.2) is 21.0 Å². The Morgan fingerprint density at radius 2 is 2.04 bits per heavy atom. The standard InChI is InChI=1S/C20H16N2O4S2/c1-2-11-3-5-12(6-4-11)14-10-27-18-16(14)17(23)21-20(22-18)28-9-13-7-8-15(26-13)19(24)25/h3-8,10H,2,9H2,1H3,(H,24,25)(H,21,22,23). The quantitative estimate of drug-likeness (QED) is 0.349. The summed E-state index contributed by atoms with van der Waals surface area (Å²) in [6.45, 7) is 2.11. The summed E-state index contributed by atoms with van der Waals surface area (Å²) >= 11 is 2.72. The number of nitrogens with zero attached hydrogens (tertiary/aromatic N) is 1. The molecule has 0 radical (unpaired) electrons. The smallest absolute Gasteiger partial charge is 0.371 e. The molecular weight excluding hydrogens is 396 g/mol. The van der Waals surface area contributed by atoms with E-state index in [0.29, 0.717) is 26.9 Å². The Labute approximate surface area is 168 Å². The largest absolute Gasteiger partial charge is 0.475 e. The van der Waals surface area contributed by atoms with Gasteiger partial charge in [-0.25, -0.2) is 9.78 Å². The summed E-state index contributed by atoms with van der Waals surface area (Å²) in [5, 5.41) is 11.9. The summed E-state index contributed by atoms with van der Waals surface area (Å²) in [7, 11) is 0. The number of aromatic amines is 1. The fourth-order valence-corrected chi connectivity index (χ4v) is 4.60. The van der Waals surface area contributed by atoms with Crippen molar-refractivity contribution in [1.29, 1.82) is 0 Å². The SMILES string of the molecule is CCc1ccc(-c2csc3nc(SCc4ccc(C(=O)O)o4)[nH]c(=O)c23)cc1. The summed E-state index contributed by atoms with van der Waals surface area (Å²) in [5.74, 6) is -0.335. The van der Waals surface area contributed by atoms with Crippen molar-refractivity contribution in [3.8, 4) is 11.1 Å². The minimum absolute atomic E-state index is 0.107. The van der Waals surface area contributed by atoms with E-state index in [1.807, 2.05) is 17.5 Å². The Kier molecular flexibility index (Phi) is 5.06. The average Bonchev–Trinajstić information content (AvgIpc) is 3.34. The van der Waals surface area contributed by atoms with Crippen LogP contribution in [0.4, 0.5) is 0 Å². The van der Waals surface area contributed by atoms with Crippen molar-refractivity contribution >= 4 is 39.3 Å². The van der Waals surface area contributed by atoms with Crippen LogP contribution in [-0.2, 0) is 12.2 Å². The highest BCUT2D eigenvalue weighted by molar-refractivity contribution is 7.98. The van der Waals surface area contributed by atoms with E-state index in [1.54, 1.807) is 6.07 Å². The number of H-pyrrole nitrogens is 1. The van der Waals surface area contributed by atoms with Crippen LogP contribution < -0.4 is 5.56 Å². The molecular formula is C20H16N2O4S2. The molecule has 0 unspecified atom stereocenters. The number of carbonyl (C=O) groups is 1. The monoisotopic (exact) mass is 412 g/mol. The molecule has 0 aliphatic heterocycles. The maximum absolute atomic E-state index is 12.7. The topological polar surface area (TPSA) is 96.2 Å². The van der Waals surface area contributed by atoms with E-state index in [-0.39, 0.29) is 11.3 Å². The maximum Gasteiger partial charge on any atom is 0.371 e. The Morgan fingerprint density at radius 1 is 1.25 bits per heavy atom. The second-order valence-electron chi connectivity index (χ2n) is 6.11. The first kappa shape index (κ1) is 18.5. The zero-order chi connectivity index (χ0) is 19.7. The molecule has 6 nitrogen and oxygen atoms in total. The first-order valence-corrected chi connectivity index (χ1v) is 10.5. The molecule has 0 saturated carbocycles. The van der Waals surface area contributed by atoms with E-state index in [1.165, 1.54) is 34.7 Å². The van der Waals surface area contributed by atoms with Gasteiger partial charge in [0.15, 0.2) is 5.16 Å². The predicted molar refractivity (Wildman–Crippen MR) is 110 cm³/mol. The Hall–Kier alpha value is -2.84. The van der Waals surface area contributed by atoms with Gasteiger partial charge in [0.2, 0.25) is 5.76 Å². The summed E-state index contributed by atoms with van der Waals surface area (Å²) in [6.07, 6.45) is 0.969. The lowest BCUT2D eigenvalue weighted by atomic mass is 10.0. The second kappa shape index (κ2) is 7.65. The molecule has 0 amide bonds. The third kappa shape index (κ3) is 3.61. The number of thioether (sulfide) groups is 1. The average molecular weight is 412 g/mol. The molecule has 0 atom stereocenters. The number of hydrogen-bond donors (Lipinski definition) is 2. The summed E-state index contributed by atoms with van der Waals surface area (Å²) in [6, 6.07) is 11.2. The molecule has 0 aliphatic carbocycles. The lowest BCUT2D eigenvalue weighted by Crippen LogP contribution is -2.08. The van der Waals surface area contributed by atoms with Crippen LogP contribution >= 0.6 is 23.1 Å². The number of carboxylic acid groups (broad SMARTS) is 1. The van der Waals surface area contributed by atoms with E-state index >= 15 is 0 Å². The van der Waals surface area contributed by atoms with Gasteiger partial charge in [-0.3, -0.25) is 4.79 Å². The molecule has 0 bridgehead atoms. The molecule has 8 heteroatoms. The van der Waals surface area contributed by atoms with Gasteiger partial charge in [0, 0.05) is 10.9 Å². The van der Waals surface area contributed by atoms with E-state index in [0.717, 1.165) is 17.5 Å². The van der Waals surface area contributed by atoms with Gasteiger partial charge in [-0.2, -0.15) is 0 Å². The van der Waals surface area contributed by atoms with Crippen molar-refractivity contribution in [2.24, 2.45) is 0 Å². The van der Waals surface area contributed by atoms with Crippen LogP contribution in [0.25, 0.3) is 21.3 Å². The number of fused-ring (bicyclic) bond motifs is 1. The van der Waals surface area contributed by atoms with Crippen LogP contribution in [0.3, 0.4) is 0 Å². The van der Waals surface area contributed by atoms with Crippen LogP contribution in [0.5, 0.6) is 0 Å². The highest BCUT2D eigenvalue weighted by Gasteiger charge is 2.14. The fraction of sp³-hybridized carbons (Fsp3) is 0.150. The number of aromatic nitrogens is 2. The van der Waals surface area contributed by atoms with Gasteiger partial charge in [-0.1, -0.05) is 43.0 Å². The van der Waals surface area contributed by atoms with Crippen molar-refractivity contribution in [1.82, 2.24) is 9.97 Å². The number of aromatic carboxylic acids is 1. The number of carboxylic acids is 1. The van der Waals surface area contributed by atoms with Crippen molar-refractivity contribution in [3.63, 3.8) is 0 Å². The van der Waals surface area contributed by atoms with Gasteiger partial charge in [0.25, 0.3) is 5.56 Å². The summed E-state index contributed by atoms with van der Waals surface area (Å²) in [5.41, 5.74) is 2.94. The lowest BCUT2D eigenvalue weighted by molar-refractivity contribution is 0.0661. The summed E-state index contributed by atoms with van der Waals surface area (Å²) in [4.78, 5) is 31.6. The molecule has 1 aromatic carbocycles. The number of benzene rings is 1. The molecule has 0 saturated heterocycles. The molecule has 3 aromatic heterocycles. The first-order chi connectivity index (χ1) is 13.5. The zero-order valence-electron chi connectivity index (χ0n) is 14.9. The van der Waals surface area contributed by atoms with Crippen molar-refractivity contribution in [2.45, 2.75) is 24.3 Å². The predicted octanol–water partition coefficient (Wildman–Crippen LogP) is 4.80. The van der Waals surface area contributed by atoms with Crippen LogP contribution in [0.1, 0.15) is 28.8 Å². The Morgan fingerprint density at radius 3 is 2.71 bits per heavy atom. The van der Waals surface area contributed by atoms with E-state index in [2.05, 4.69) is 29.0 Å². The molecule has 0 spiro atoms. The van der Waals surface area contributed by atoms with Crippen molar-refractivity contribution in [2.75, 3.05) is 0 Å². The van der Waals surface area contributed by atoms with Crippen LogP contribution in [0, 0.1) is 0 Å². The van der Waals surface area contributed by atoms with Gasteiger partial charge < -0.3 is 14.5 Å². The van der Waals surface area contributed by atoms with E-state index in [4.69, 9.17) is 9.52 Å². The Bertz CT molecular complexity index is 1210. The molecule has 2 N–H and O–H groups in total. The zero-order valence-corrected chi connectivity index (χ0v) is 16.5. The fourth-order valence-electron chi connectivity index (χ4n) is 2.84. The van der Waals surface area contributed by atoms with Gasteiger partial charge in [0.05, 0.1) is 11.1 Å². The normalized spacial score (nSPS) is 11.2. The van der Waals surface area contributed by atoms with Crippen molar-refractivity contribution in [3.05, 3.63) is 69.2 Å². The van der Waals surface area contributed by atoms with Crippen LogP contribution in [0.15, 0.2) is 56.1 Å². The number of furan rings is 1. The molecule has 0 aliphatic rings. The molecule has 3 heterocycles. The van der Waals surface area contributed by atoms with Gasteiger partial charge >= 0.3 is 5.97 Å². The lowest BCUT2D eigenvalue weighted by Gasteiger charge is -2.03. The number of aryl methyl sites for hydroxylation is 1. The van der Waals surface area contributed by atoms with E-state index in [9.17, 15) is 9.59 Å². The van der Waals surface area contributed by atoms with Crippen molar-refractivity contribution < 1.29 is 14.3 Å². The molecule has 28 heavy (non-hydrogen) atoms. The van der Waals surface area contributed by atoms with Gasteiger partial charge in [-0.05, 0) is 29.7 Å². The highest BCUT2D eigenvalue weighted by Crippen LogP contribution is 2.32. The molecule has 0 fully saturated rings. The maximum atomic E-state index is 12.7. The van der Waals surface area contributed by atoms with E-state index < -0.39 is 5.97 Å². The highest BCUT2D eigenvalue weighted by atomic mass is 32.2. The Balaban J connectivity index is 1.60.